The van der Waals surface area contributed by atoms with E-state index in [1.54, 1.807) is 0 Å². The van der Waals surface area contributed by atoms with E-state index < -0.39 is 0 Å². The minimum Gasteiger partial charge on any atom is -0.335 e. The summed E-state index contributed by atoms with van der Waals surface area (Å²) in [7, 11) is 0. The number of likely N-dealkylation sites (tertiary alicyclic amines) is 1. The lowest BCUT2D eigenvalue weighted by Crippen LogP contribution is -2.47. The molecule has 1 aliphatic heterocycles. The number of urea groups is 1. The summed E-state index contributed by atoms with van der Waals surface area (Å²) < 4.78 is 0. The Balaban J connectivity index is 1.51. The molecule has 0 bridgehead atoms. The first kappa shape index (κ1) is 16.8. The fraction of sp³-hybridized carbons (Fsp3) is 0.579. The molecule has 5 nitrogen and oxygen atoms in total. The van der Waals surface area contributed by atoms with Gasteiger partial charge in [0.25, 0.3) is 0 Å². The van der Waals surface area contributed by atoms with E-state index >= 15 is 0 Å². The molecule has 1 aromatic rings. The van der Waals surface area contributed by atoms with Gasteiger partial charge in [-0.05, 0) is 25.3 Å². The van der Waals surface area contributed by atoms with Gasteiger partial charge in [0.05, 0.1) is 12.1 Å². The van der Waals surface area contributed by atoms with Crippen molar-refractivity contribution < 1.29 is 9.59 Å². The zero-order valence-corrected chi connectivity index (χ0v) is 14.3. The summed E-state index contributed by atoms with van der Waals surface area (Å²) in [6, 6.07) is 10.1. The highest BCUT2D eigenvalue weighted by Gasteiger charge is 2.34. The Labute approximate surface area is 143 Å². The number of carbonyl (C=O) groups is 2. The van der Waals surface area contributed by atoms with Crippen LogP contribution in [0.25, 0.3) is 0 Å². The van der Waals surface area contributed by atoms with Crippen molar-refractivity contribution in [2.45, 2.75) is 63.6 Å². The van der Waals surface area contributed by atoms with Crippen LogP contribution in [0.3, 0.4) is 0 Å². The quantitative estimate of drug-likeness (QED) is 0.892. The summed E-state index contributed by atoms with van der Waals surface area (Å²) in [6.07, 6.45) is 6.16. The number of nitrogens with one attached hydrogen (secondary N) is 2. The van der Waals surface area contributed by atoms with E-state index in [0.717, 1.165) is 18.4 Å². The number of carbonyl (C=O) groups excluding carboxylic acids is 2. The molecule has 2 unspecified atom stereocenters. The maximum absolute atomic E-state index is 12.3. The molecule has 1 heterocycles. The summed E-state index contributed by atoms with van der Waals surface area (Å²) in [6.45, 7) is 2.62. The lowest BCUT2D eigenvalue weighted by atomic mass is 9.96. The predicted octanol–water partition coefficient (Wildman–Crippen LogP) is 2.98. The Morgan fingerprint density at radius 2 is 1.75 bits per heavy atom. The molecule has 2 N–H and O–H groups in total. The van der Waals surface area contributed by atoms with Gasteiger partial charge in [-0.15, -0.1) is 0 Å². The second-order valence-corrected chi connectivity index (χ2v) is 6.99. The second kappa shape index (κ2) is 7.69. The number of amides is 3. The van der Waals surface area contributed by atoms with Gasteiger partial charge in [-0.25, -0.2) is 4.79 Å². The zero-order valence-electron chi connectivity index (χ0n) is 14.3. The third-order valence-corrected chi connectivity index (χ3v) is 5.18. The molecule has 1 saturated heterocycles. The van der Waals surface area contributed by atoms with Crippen molar-refractivity contribution in [1.29, 1.82) is 0 Å². The van der Waals surface area contributed by atoms with E-state index in [1.807, 2.05) is 42.2 Å². The van der Waals surface area contributed by atoms with Gasteiger partial charge in [-0.1, -0.05) is 49.6 Å². The molecule has 0 aromatic heterocycles. The smallest absolute Gasteiger partial charge is 0.315 e. The number of hydrogen-bond acceptors (Lipinski definition) is 2. The number of benzene rings is 1. The average Bonchev–Trinajstić information content (AvgIpc) is 2.96. The first-order chi connectivity index (χ1) is 11.6. The van der Waals surface area contributed by atoms with Crippen LogP contribution < -0.4 is 10.6 Å². The fourth-order valence-electron chi connectivity index (χ4n) is 3.77. The summed E-state index contributed by atoms with van der Waals surface area (Å²) in [5, 5.41) is 6.04. The van der Waals surface area contributed by atoms with Crippen LogP contribution in [-0.2, 0) is 4.79 Å². The molecule has 3 amide bonds. The maximum Gasteiger partial charge on any atom is 0.315 e. The monoisotopic (exact) mass is 329 g/mol. The van der Waals surface area contributed by atoms with Crippen LogP contribution >= 0.6 is 0 Å². The first-order valence-corrected chi connectivity index (χ1v) is 9.05. The molecular weight excluding hydrogens is 302 g/mol. The van der Waals surface area contributed by atoms with Crippen molar-refractivity contribution in [2.24, 2.45) is 0 Å². The van der Waals surface area contributed by atoms with Crippen molar-refractivity contribution in [2.75, 3.05) is 6.54 Å². The van der Waals surface area contributed by atoms with Gasteiger partial charge < -0.3 is 15.5 Å². The van der Waals surface area contributed by atoms with Gasteiger partial charge >= 0.3 is 6.03 Å². The molecule has 0 radical (unpaired) electrons. The van der Waals surface area contributed by atoms with Crippen LogP contribution in [0.4, 0.5) is 4.79 Å². The third-order valence-electron chi connectivity index (χ3n) is 5.18. The minimum absolute atomic E-state index is 0.0342. The van der Waals surface area contributed by atoms with Gasteiger partial charge in [0.2, 0.25) is 5.91 Å². The van der Waals surface area contributed by atoms with E-state index in [2.05, 4.69) is 10.6 Å². The molecule has 1 saturated carbocycles. The number of hydrogen-bond donors (Lipinski definition) is 2. The number of nitrogens with zero attached hydrogens (tertiary/aromatic N) is 1. The highest BCUT2D eigenvalue weighted by atomic mass is 16.2. The summed E-state index contributed by atoms with van der Waals surface area (Å²) >= 11 is 0. The first-order valence-electron chi connectivity index (χ1n) is 9.05. The zero-order chi connectivity index (χ0) is 16.9. The van der Waals surface area contributed by atoms with Crippen LogP contribution in [0.1, 0.15) is 57.1 Å². The van der Waals surface area contributed by atoms with Crippen molar-refractivity contribution in [1.82, 2.24) is 15.5 Å². The Hall–Kier alpha value is -2.04. The van der Waals surface area contributed by atoms with Crippen LogP contribution in [0.5, 0.6) is 0 Å². The topological polar surface area (TPSA) is 61.4 Å². The normalized spacial score (nSPS) is 23.1. The SMILES string of the molecule is CC(c1ccccc1)N1CC(NC(=O)NC2CCCCC2)CC1=O. The van der Waals surface area contributed by atoms with Crippen molar-refractivity contribution >= 4 is 11.9 Å². The molecule has 2 aliphatic rings. The van der Waals surface area contributed by atoms with Crippen LogP contribution in [0.15, 0.2) is 30.3 Å². The lowest BCUT2D eigenvalue weighted by molar-refractivity contribution is -0.129. The third kappa shape index (κ3) is 4.08. The molecule has 24 heavy (non-hydrogen) atoms. The van der Waals surface area contributed by atoms with Gasteiger partial charge in [-0.2, -0.15) is 0 Å². The highest BCUT2D eigenvalue weighted by molar-refractivity contribution is 5.82. The van der Waals surface area contributed by atoms with Crippen molar-refractivity contribution in [3.8, 4) is 0 Å². The molecule has 1 aromatic carbocycles. The summed E-state index contributed by atoms with van der Waals surface area (Å²) in [4.78, 5) is 26.4. The van der Waals surface area contributed by atoms with E-state index in [4.69, 9.17) is 0 Å². The van der Waals surface area contributed by atoms with E-state index in [9.17, 15) is 9.59 Å². The van der Waals surface area contributed by atoms with Crippen LogP contribution in [0.2, 0.25) is 0 Å². The molecular formula is C19H27N3O2. The van der Waals surface area contributed by atoms with Gasteiger partial charge in [0, 0.05) is 19.0 Å². The van der Waals surface area contributed by atoms with Crippen LogP contribution in [-0.4, -0.2) is 35.5 Å². The predicted molar refractivity (Wildman–Crippen MR) is 93.5 cm³/mol. The van der Waals surface area contributed by atoms with Crippen LogP contribution in [0, 0.1) is 0 Å². The summed E-state index contributed by atoms with van der Waals surface area (Å²) in [5.41, 5.74) is 1.12. The molecule has 3 rings (SSSR count). The Morgan fingerprint density at radius 3 is 2.46 bits per heavy atom. The standard InChI is InChI=1S/C19H27N3O2/c1-14(15-8-4-2-5-9-15)22-13-17(12-18(22)23)21-19(24)20-16-10-6-3-7-11-16/h2,4-5,8-9,14,16-17H,3,6-7,10-13H2,1H3,(H2,20,21,24). The molecule has 1 aliphatic carbocycles. The molecule has 5 heteroatoms. The Morgan fingerprint density at radius 1 is 1.08 bits per heavy atom. The lowest BCUT2D eigenvalue weighted by Gasteiger charge is -2.26. The maximum atomic E-state index is 12.3. The van der Waals surface area contributed by atoms with Crippen molar-refractivity contribution in [3.63, 3.8) is 0 Å². The fourth-order valence-corrected chi connectivity index (χ4v) is 3.77. The Kier molecular flexibility index (Phi) is 5.38. The van der Waals surface area contributed by atoms with Gasteiger partial charge in [0.15, 0.2) is 0 Å². The van der Waals surface area contributed by atoms with Gasteiger partial charge in [0.1, 0.15) is 0 Å². The molecule has 2 fully saturated rings. The van der Waals surface area contributed by atoms with Gasteiger partial charge in [-0.3, -0.25) is 4.79 Å². The van der Waals surface area contributed by atoms with E-state index in [-0.39, 0.29) is 30.1 Å². The average molecular weight is 329 g/mol. The minimum atomic E-state index is -0.131. The van der Waals surface area contributed by atoms with Crippen molar-refractivity contribution in [3.05, 3.63) is 35.9 Å². The molecule has 0 spiro atoms. The summed E-state index contributed by atoms with van der Waals surface area (Å²) in [5.74, 6) is 0.106. The highest BCUT2D eigenvalue weighted by Crippen LogP contribution is 2.25. The number of rotatable bonds is 4. The molecule has 130 valence electrons. The van der Waals surface area contributed by atoms with E-state index in [0.29, 0.717) is 13.0 Å². The Bertz CT molecular complexity index is 569. The second-order valence-electron chi connectivity index (χ2n) is 6.99. The van der Waals surface area contributed by atoms with E-state index in [1.165, 1.54) is 19.3 Å². The molecule has 2 atom stereocenters. The largest absolute Gasteiger partial charge is 0.335 e.